The molecule has 0 aromatic heterocycles. The van der Waals surface area contributed by atoms with Gasteiger partial charge in [-0.3, -0.25) is 0 Å². The molecule has 1 aliphatic carbocycles. The van der Waals surface area contributed by atoms with Crippen molar-refractivity contribution in [3.05, 3.63) is 52.0 Å². The first kappa shape index (κ1) is 21.3. The summed E-state index contributed by atoms with van der Waals surface area (Å²) in [7, 11) is 3.08. The van der Waals surface area contributed by atoms with Crippen LogP contribution in [0.15, 0.2) is 40.9 Å². The van der Waals surface area contributed by atoms with Crippen LogP contribution in [0.5, 0.6) is 17.2 Å². The number of alkyl halides is 2. The number of fused-ring (bicyclic) bond motifs is 3. The number of ether oxygens (including phenoxy) is 5. The van der Waals surface area contributed by atoms with Crippen molar-refractivity contribution in [3.63, 3.8) is 0 Å². The van der Waals surface area contributed by atoms with Crippen LogP contribution in [0.4, 0.5) is 8.78 Å². The topological polar surface area (TPSA) is 46.2 Å². The summed E-state index contributed by atoms with van der Waals surface area (Å²) in [5.41, 5.74) is 1.58. The van der Waals surface area contributed by atoms with Crippen LogP contribution < -0.4 is 14.2 Å². The molecule has 0 spiro atoms. The average Bonchev–Trinajstić information content (AvgIpc) is 3.06. The van der Waals surface area contributed by atoms with Crippen LogP contribution >= 0.6 is 15.9 Å². The van der Waals surface area contributed by atoms with Gasteiger partial charge in [-0.25, -0.2) is 8.78 Å². The van der Waals surface area contributed by atoms with Crippen LogP contribution in [0.1, 0.15) is 36.0 Å². The van der Waals surface area contributed by atoms with E-state index in [4.69, 9.17) is 23.7 Å². The van der Waals surface area contributed by atoms with Crippen molar-refractivity contribution in [1.29, 1.82) is 0 Å². The van der Waals surface area contributed by atoms with Crippen LogP contribution in [0.25, 0.3) is 0 Å². The van der Waals surface area contributed by atoms with Gasteiger partial charge >= 0.3 is 0 Å². The zero-order chi connectivity index (χ0) is 21.3. The Balaban J connectivity index is 1.68. The smallest absolute Gasteiger partial charge is 0.249 e. The first-order chi connectivity index (χ1) is 14.4. The third-order valence-corrected chi connectivity index (χ3v) is 6.13. The number of benzene rings is 2. The zero-order valence-electron chi connectivity index (χ0n) is 16.7. The van der Waals surface area contributed by atoms with Gasteiger partial charge in [-0.2, -0.15) is 0 Å². The third kappa shape index (κ3) is 4.26. The largest absolute Gasteiger partial charge is 0.484 e. The van der Waals surface area contributed by atoms with Gasteiger partial charge in [-0.05, 0) is 45.8 Å². The van der Waals surface area contributed by atoms with Crippen molar-refractivity contribution in [2.75, 3.05) is 27.8 Å². The Hall–Kier alpha value is -1.90. The molecule has 162 valence electrons. The SMILES string of the molecule is COCOc1ccc([C@@H]2Oc3c(Br)cc(OCOC)cc3[C@@H]3CC(F)(F)C[C@@H]32)cc1. The van der Waals surface area contributed by atoms with Gasteiger partial charge in [0.15, 0.2) is 13.6 Å². The number of halogens is 3. The summed E-state index contributed by atoms with van der Waals surface area (Å²) < 4.78 is 56.8. The normalized spacial score (nSPS) is 24.0. The standard InChI is InChI=1S/C22H23BrF2O5/c1-26-11-28-14-5-3-13(4-6-14)20-18-10-22(24,25)9-17(18)16-7-15(29-12-27-2)8-19(23)21(16)30-20/h3-8,17-18,20H,9-12H2,1-2H3/t17-,18-,20-/m0/s1. The van der Waals surface area contributed by atoms with E-state index in [9.17, 15) is 8.78 Å². The fourth-order valence-electron chi connectivity index (χ4n) is 4.31. The molecule has 1 fully saturated rings. The lowest BCUT2D eigenvalue weighted by molar-refractivity contribution is -0.00237. The Morgan fingerprint density at radius 3 is 2.33 bits per heavy atom. The zero-order valence-corrected chi connectivity index (χ0v) is 18.3. The lowest BCUT2D eigenvalue weighted by atomic mass is 9.80. The minimum absolute atomic E-state index is 0.0798. The lowest BCUT2D eigenvalue weighted by Gasteiger charge is -2.36. The average molecular weight is 485 g/mol. The maximum atomic E-state index is 14.5. The van der Waals surface area contributed by atoms with E-state index < -0.39 is 12.0 Å². The molecule has 5 nitrogen and oxygen atoms in total. The molecule has 1 heterocycles. The highest BCUT2D eigenvalue weighted by atomic mass is 79.9. The predicted octanol–water partition coefficient (Wildman–Crippen LogP) is 5.68. The summed E-state index contributed by atoms with van der Waals surface area (Å²) in [5, 5.41) is 0. The van der Waals surface area contributed by atoms with Gasteiger partial charge in [-0.15, -0.1) is 0 Å². The summed E-state index contributed by atoms with van der Waals surface area (Å²) in [6.07, 6.45) is -0.904. The maximum absolute atomic E-state index is 14.5. The second-order valence-electron chi connectivity index (χ2n) is 7.57. The number of rotatable bonds is 7. The summed E-state index contributed by atoms with van der Waals surface area (Å²) in [6.45, 7) is 0.223. The molecule has 2 aromatic rings. The first-order valence-corrected chi connectivity index (χ1v) is 10.4. The Morgan fingerprint density at radius 1 is 1.00 bits per heavy atom. The second-order valence-corrected chi connectivity index (χ2v) is 8.42. The highest BCUT2D eigenvalue weighted by Crippen LogP contribution is 2.60. The van der Waals surface area contributed by atoms with Gasteiger partial charge in [-0.1, -0.05) is 12.1 Å². The van der Waals surface area contributed by atoms with Crippen LogP contribution in [-0.4, -0.2) is 33.7 Å². The van der Waals surface area contributed by atoms with Gasteiger partial charge < -0.3 is 23.7 Å². The molecule has 0 N–H and O–H groups in total. The van der Waals surface area contributed by atoms with Crippen LogP contribution in [0, 0.1) is 5.92 Å². The molecular weight excluding hydrogens is 462 g/mol. The van der Waals surface area contributed by atoms with E-state index in [1.165, 1.54) is 7.11 Å². The van der Waals surface area contributed by atoms with Gasteiger partial charge in [0.25, 0.3) is 0 Å². The van der Waals surface area contributed by atoms with Gasteiger partial charge in [0.2, 0.25) is 5.92 Å². The molecular formula is C22H23BrF2O5. The molecule has 4 rings (SSSR count). The highest BCUT2D eigenvalue weighted by Gasteiger charge is 2.53. The van der Waals surface area contributed by atoms with E-state index in [0.29, 0.717) is 21.7 Å². The molecule has 1 saturated carbocycles. The Bertz CT molecular complexity index is 890. The molecule has 0 bridgehead atoms. The van der Waals surface area contributed by atoms with Gasteiger partial charge in [0.05, 0.1) is 4.47 Å². The van der Waals surface area contributed by atoms with Crippen molar-refractivity contribution >= 4 is 15.9 Å². The lowest BCUT2D eigenvalue weighted by Crippen LogP contribution is -2.27. The molecule has 0 saturated heterocycles. The Kier molecular flexibility index (Phi) is 6.18. The van der Waals surface area contributed by atoms with Crippen molar-refractivity contribution in [3.8, 4) is 17.2 Å². The van der Waals surface area contributed by atoms with E-state index >= 15 is 0 Å². The van der Waals surface area contributed by atoms with Crippen molar-refractivity contribution < 1.29 is 32.5 Å². The maximum Gasteiger partial charge on any atom is 0.249 e. The summed E-state index contributed by atoms with van der Waals surface area (Å²) in [5.74, 6) is -1.63. The van der Waals surface area contributed by atoms with E-state index in [-0.39, 0.29) is 38.3 Å². The summed E-state index contributed by atoms with van der Waals surface area (Å²) >= 11 is 3.52. The fraction of sp³-hybridized carbons (Fsp3) is 0.455. The van der Waals surface area contributed by atoms with E-state index in [2.05, 4.69) is 15.9 Å². The molecule has 8 heteroatoms. The Morgan fingerprint density at radius 2 is 1.67 bits per heavy atom. The van der Waals surface area contributed by atoms with Crippen LogP contribution in [0.3, 0.4) is 0 Å². The summed E-state index contributed by atoms with van der Waals surface area (Å²) in [6, 6.07) is 10.9. The molecule has 0 amide bonds. The quantitative estimate of drug-likeness (QED) is 0.473. The van der Waals surface area contributed by atoms with Crippen molar-refractivity contribution in [2.45, 2.75) is 30.8 Å². The predicted molar refractivity (Wildman–Crippen MR) is 109 cm³/mol. The fourth-order valence-corrected chi connectivity index (χ4v) is 4.86. The number of hydrogen-bond acceptors (Lipinski definition) is 5. The minimum atomic E-state index is -2.74. The molecule has 0 radical (unpaired) electrons. The van der Waals surface area contributed by atoms with Crippen LogP contribution in [0.2, 0.25) is 0 Å². The second kappa shape index (κ2) is 8.69. The first-order valence-electron chi connectivity index (χ1n) is 9.63. The number of hydrogen-bond donors (Lipinski definition) is 0. The van der Waals surface area contributed by atoms with E-state index in [0.717, 1.165) is 11.1 Å². The highest BCUT2D eigenvalue weighted by molar-refractivity contribution is 9.10. The van der Waals surface area contributed by atoms with E-state index in [1.807, 2.05) is 12.1 Å². The van der Waals surface area contributed by atoms with Crippen molar-refractivity contribution in [2.24, 2.45) is 5.92 Å². The molecule has 2 aromatic carbocycles. The van der Waals surface area contributed by atoms with E-state index in [1.54, 1.807) is 31.4 Å². The van der Waals surface area contributed by atoms with Crippen LogP contribution in [-0.2, 0) is 9.47 Å². The minimum Gasteiger partial charge on any atom is -0.484 e. The molecule has 2 aliphatic rings. The van der Waals surface area contributed by atoms with Gasteiger partial charge in [0, 0.05) is 44.5 Å². The Labute approximate surface area is 182 Å². The molecule has 1 aliphatic heterocycles. The molecule has 3 atom stereocenters. The van der Waals surface area contributed by atoms with Crippen molar-refractivity contribution in [1.82, 2.24) is 0 Å². The third-order valence-electron chi connectivity index (χ3n) is 5.54. The molecule has 0 unspecified atom stereocenters. The molecule has 30 heavy (non-hydrogen) atoms. The summed E-state index contributed by atoms with van der Waals surface area (Å²) in [4.78, 5) is 0. The monoisotopic (exact) mass is 484 g/mol. The number of methoxy groups -OCH3 is 2. The van der Waals surface area contributed by atoms with Gasteiger partial charge in [0.1, 0.15) is 23.4 Å².